The zero-order valence-corrected chi connectivity index (χ0v) is 9.93. The summed E-state index contributed by atoms with van der Waals surface area (Å²) in [5.74, 6) is 0.00287. The van der Waals surface area contributed by atoms with Gasteiger partial charge in [-0.1, -0.05) is 11.8 Å². The number of nitrogens with one attached hydrogen (secondary N) is 2. The Labute approximate surface area is 97.0 Å². The van der Waals surface area contributed by atoms with E-state index in [1.165, 1.54) is 17.8 Å². The predicted octanol–water partition coefficient (Wildman–Crippen LogP) is -0.756. The zero-order valence-electron chi connectivity index (χ0n) is 9.11. The van der Waals surface area contributed by atoms with Crippen LogP contribution in [0, 0.1) is 6.92 Å². The summed E-state index contributed by atoms with van der Waals surface area (Å²) < 4.78 is 0. The molecule has 16 heavy (non-hydrogen) atoms. The number of hydrogen-bond donors (Lipinski definition) is 3. The van der Waals surface area contributed by atoms with Crippen molar-refractivity contribution in [1.29, 1.82) is 0 Å². The van der Waals surface area contributed by atoms with E-state index in [2.05, 4.69) is 15.3 Å². The molecule has 1 aromatic heterocycles. The number of aromatic amines is 1. The van der Waals surface area contributed by atoms with Crippen LogP contribution in [0.4, 0.5) is 0 Å². The molecule has 0 radical (unpaired) electrons. The van der Waals surface area contributed by atoms with Gasteiger partial charge in [0.25, 0.3) is 5.56 Å². The van der Waals surface area contributed by atoms with E-state index in [-0.39, 0.29) is 5.56 Å². The van der Waals surface area contributed by atoms with Gasteiger partial charge in [-0.05, 0) is 14.0 Å². The Morgan fingerprint density at radius 2 is 2.44 bits per heavy atom. The summed E-state index contributed by atoms with van der Waals surface area (Å²) in [6, 6.07) is 0.976. The number of nitrogens with two attached hydrogens (primary N) is 1. The second-order valence-corrected chi connectivity index (χ2v) is 4.26. The van der Waals surface area contributed by atoms with Gasteiger partial charge >= 0.3 is 0 Å². The molecule has 0 saturated heterocycles. The van der Waals surface area contributed by atoms with Crippen LogP contribution >= 0.6 is 11.8 Å². The van der Waals surface area contributed by atoms with Crippen molar-refractivity contribution in [3.8, 4) is 0 Å². The molecule has 7 heteroatoms. The third kappa shape index (κ3) is 3.67. The maximum atomic E-state index is 11.1. The van der Waals surface area contributed by atoms with Crippen LogP contribution < -0.4 is 16.6 Å². The molecule has 1 amide bonds. The summed E-state index contributed by atoms with van der Waals surface area (Å²) in [7, 11) is 1.66. The summed E-state index contributed by atoms with van der Waals surface area (Å²) in [5, 5.41) is 3.28. The van der Waals surface area contributed by atoms with E-state index in [1.54, 1.807) is 14.0 Å². The van der Waals surface area contributed by atoms with Gasteiger partial charge < -0.3 is 16.0 Å². The number of hydrogen-bond acceptors (Lipinski definition) is 5. The quantitative estimate of drug-likeness (QED) is 0.465. The van der Waals surface area contributed by atoms with Crippen LogP contribution in [0.5, 0.6) is 0 Å². The van der Waals surface area contributed by atoms with Gasteiger partial charge in [0.05, 0.1) is 6.04 Å². The third-order valence-corrected chi connectivity index (χ3v) is 2.89. The van der Waals surface area contributed by atoms with Crippen LogP contribution in [0.25, 0.3) is 0 Å². The Hall–Kier alpha value is -1.34. The molecule has 1 aromatic rings. The van der Waals surface area contributed by atoms with Gasteiger partial charge in [0.15, 0.2) is 5.16 Å². The van der Waals surface area contributed by atoms with E-state index in [9.17, 15) is 9.59 Å². The highest BCUT2D eigenvalue weighted by molar-refractivity contribution is 7.99. The number of thioether (sulfide) groups is 1. The number of rotatable bonds is 5. The Morgan fingerprint density at radius 1 is 1.75 bits per heavy atom. The van der Waals surface area contributed by atoms with Gasteiger partial charge in [0, 0.05) is 17.5 Å². The summed E-state index contributed by atoms with van der Waals surface area (Å²) in [6.45, 7) is 1.74. The zero-order chi connectivity index (χ0) is 12.1. The molecule has 1 atom stereocenters. The van der Waals surface area contributed by atoms with Crippen molar-refractivity contribution in [1.82, 2.24) is 15.3 Å². The van der Waals surface area contributed by atoms with Crippen molar-refractivity contribution >= 4 is 17.7 Å². The fraction of sp³-hybridized carbons (Fsp3) is 0.444. The molecule has 4 N–H and O–H groups in total. The largest absolute Gasteiger partial charge is 0.368 e. The Kier molecular flexibility index (Phi) is 4.51. The molecular formula is C9H14N4O2S. The number of amides is 1. The van der Waals surface area contributed by atoms with Gasteiger partial charge in [-0.25, -0.2) is 4.98 Å². The molecule has 0 saturated carbocycles. The lowest BCUT2D eigenvalue weighted by molar-refractivity contribution is -0.119. The number of aryl methyl sites for hydroxylation is 1. The molecule has 0 aromatic carbocycles. The molecule has 0 fully saturated rings. The first kappa shape index (κ1) is 12.7. The Morgan fingerprint density at radius 3 is 2.94 bits per heavy atom. The van der Waals surface area contributed by atoms with Crippen LogP contribution in [0.3, 0.4) is 0 Å². The number of aromatic nitrogens is 2. The highest BCUT2D eigenvalue weighted by Crippen LogP contribution is 2.12. The van der Waals surface area contributed by atoms with E-state index in [4.69, 9.17) is 5.73 Å². The third-order valence-electron chi connectivity index (χ3n) is 1.93. The van der Waals surface area contributed by atoms with E-state index < -0.39 is 11.9 Å². The normalized spacial score (nSPS) is 12.4. The van der Waals surface area contributed by atoms with Crippen LogP contribution in [-0.2, 0) is 4.79 Å². The smallest absolute Gasteiger partial charge is 0.251 e. The molecule has 1 unspecified atom stereocenters. The number of carbonyl (C=O) groups excluding carboxylic acids is 1. The minimum Gasteiger partial charge on any atom is -0.368 e. The monoisotopic (exact) mass is 242 g/mol. The maximum Gasteiger partial charge on any atom is 0.251 e. The van der Waals surface area contributed by atoms with Crippen molar-refractivity contribution in [3.63, 3.8) is 0 Å². The van der Waals surface area contributed by atoms with Crippen LogP contribution in [-0.4, -0.2) is 34.7 Å². The number of carbonyl (C=O) groups is 1. The fourth-order valence-corrected chi connectivity index (χ4v) is 2.13. The number of primary amides is 1. The molecule has 1 rings (SSSR count). The number of likely N-dealkylation sites (N-methyl/N-ethyl adjacent to an activating group) is 1. The van der Waals surface area contributed by atoms with E-state index >= 15 is 0 Å². The van der Waals surface area contributed by atoms with Gasteiger partial charge in [-0.2, -0.15) is 0 Å². The lowest BCUT2D eigenvalue weighted by Crippen LogP contribution is -2.41. The van der Waals surface area contributed by atoms with E-state index in [1.807, 2.05) is 0 Å². The van der Waals surface area contributed by atoms with Gasteiger partial charge in [0.1, 0.15) is 0 Å². The second-order valence-electron chi connectivity index (χ2n) is 3.25. The summed E-state index contributed by atoms with van der Waals surface area (Å²) in [5.41, 5.74) is 5.61. The summed E-state index contributed by atoms with van der Waals surface area (Å²) >= 11 is 1.28. The first-order chi connectivity index (χ1) is 7.52. The average molecular weight is 242 g/mol. The molecule has 0 aliphatic rings. The van der Waals surface area contributed by atoms with Crippen LogP contribution in [0.2, 0.25) is 0 Å². The topological polar surface area (TPSA) is 101 Å². The van der Waals surface area contributed by atoms with Crippen molar-refractivity contribution in [2.24, 2.45) is 5.73 Å². The van der Waals surface area contributed by atoms with Crippen molar-refractivity contribution in [2.75, 3.05) is 12.8 Å². The summed E-state index contributed by atoms with van der Waals surface area (Å²) in [6.07, 6.45) is 0. The minimum absolute atomic E-state index is 0.199. The molecule has 1 heterocycles. The van der Waals surface area contributed by atoms with E-state index in [0.717, 1.165) is 0 Å². The first-order valence-electron chi connectivity index (χ1n) is 4.70. The van der Waals surface area contributed by atoms with Crippen molar-refractivity contribution < 1.29 is 4.79 Å². The minimum atomic E-state index is -0.434. The molecule has 6 nitrogen and oxygen atoms in total. The standard InChI is InChI=1S/C9H14N4O2S/c1-5-3-7(14)13-9(12-5)16-4-6(11-2)8(10)15/h3,6,11H,4H2,1-2H3,(H2,10,15)(H,12,13,14). The highest BCUT2D eigenvalue weighted by atomic mass is 32.2. The molecule has 0 spiro atoms. The van der Waals surface area contributed by atoms with Gasteiger partial charge in [0.2, 0.25) is 5.91 Å². The SMILES string of the molecule is CNC(CSc1nc(C)cc(=O)[nH]1)C(N)=O. The lowest BCUT2D eigenvalue weighted by atomic mass is 10.3. The predicted molar refractivity (Wildman–Crippen MR) is 62.4 cm³/mol. The van der Waals surface area contributed by atoms with Gasteiger partial charge in [-0.3, -0.25) is 9.59 Å². The number of nitrogens with zero attached hydrogens (tertiary/aromatic N) is 1. The second kappa shape index (κ2) is 5.66. The van der Waals surface area contributed by atoms with Crippen molar-refractivity contribution in [2.45, 2.75) is 18.1 Å². The molecule has 0 aliphatic heterocycles. The maximum absolute atomic E-state index is 11.1. The highest BCUT2D eigenvalue weighted by Gasteiger charge is 2.13. The first-order valence-corrected chi connectivity index (χ1v) is 5.69. The Bertz CT molecular complexity index is 432. The van der Waals surface area contributed by atoms with Crippen molar-refractivity contribution in [3.05, 3.63) is 22.1 Å². The number of H-pyrrole nitrogens is 1. The van der Waals surface area contributed by atoms with Gasteiger partial charge in [-0.15, -0.1) is 0 Å². The molecule has 0 aliphatic carbocycles. The van der Waals surface area contributed by atoms with E-state index in [0.29, 0.717) is 16.6 Å². The lowest BCUT2D eigenvalue weighted by Gasteiger charge is -2.10. The Balaban J connectivity index is 2.67. The van der Waals surface area contributed by atoms with Crippen LogP contribution in [0.15, 0.2) is 16.0 Å². The average Bonchev–Trinajstić information content (AvgIpc) is 2.16. The van der Waals surface area contributed by atoms with Crippen LogP contribution in [0.1, 0.15) is 5.69 Å². The molecule has 0 bridgehead atoms. The molecular weight excluding hydrogens is 228 g/mol. The molecule has 88 valence electrons. The fourth-order valence-electron chi connectivity index (χ4n) is 1.09. The summed E-state index contributed by atoms with van der Waals surface area (Å²) in [4.78, 5) is 28.8.